The van der Waals surface area contributed by atoms with Crippen molar-refractivity contribution in [1.29, 1.82) is 0 Å². The molecule has 0 unspecified atom stereocenters. The third-order valence-electron chi connectivity index (χ3n) is 5.33. The van der Waals surface area contributed by atoms with Crippen molar-refractivity contribution < 1.29 is 18.8 Å². The molecular formula is C24H36O4Si. The highest BCUT2D eigenvalue weighted by atomic mass is 28.4. The summed E-state index contributed by atoms with van der Waals surface area (Å²) in [7, 11) is -0.598. The molecule has 0 amide bonds. The van der Waals surface area contributed by atoms with E-state index in [1.807, 2.05) is 36.4 Å². The fourth-order valence-corrected chi connectivity index (χ4v) is 3.90. The number of methoxy groups -OCH3 is 1. The van der Waals surface area contributed by atoms with Gasteiger partial charge in [-0.2, -0.15) is 0 Å². The van der Waals surface area contributed by atoms with E-state index in [9.17, 15) is 9.59 Å². The van der Waals surface area contributed by atoms with E-state index in [1.54, 1.807) is 12.2 Å². The van der Waals surface area contributed by atoms with E-state index in [1.165, 1.54) is 18.7 Å². The molecule has 0 bridgehead atoms. The molecule has 1 aromatic carbocycles. The number of hydrogen-bond acceptors (Lipinski definition) is 4. The van der Waals surface area contributed by atoms with Crippen molar-refractivity contribution in [3.63, 3.8) is 0 Å². The third-order valence-corrected chi connectivity index (χ3v) is 9.86. The van der Waals surface area contributed by atoms with Gasteiger partial charge in [-0.3, -0.25) is 4.79 Å². The molecule has 0 aliphatic heterocycles. The van der Waals surface area contributed by atoms with Crippen LogP contribution in [0, 0.1) is 0 Å². The zero-order valence-corrected chi connectivity index (χ0v) is 19.7. The van der Waals surface area contributed by atoms with Gasteiger partial charge in [0.25, 0.3) is 0 Å². The molecule has 1 atom stereocenters. The molecule has 29 heavy (non-hydrogen) atoms. The molecule has 0 aliphatic carbocycles. The highest BCUT2D eigenvalue weighted by Gasteiger charge is 2.38. The Morgan fingerprint density at radius 1 is 1.03 bits per heavy atom. The van der Waals surface area contributed by atoms with Crippen LogP contribution in [0.3, 0.4) is 0 Å². The van der Waals surface area contributed by atoms with Crippen LogP contribution in [-0.4, -0.2) is 33.3 Å². The van der Waals surface area contributed by atoms with Gasteiger partial charge in [-0.15, -0.1) is 0 Å². The van der Waals surface area contributed by atoms with Gasteiger partial charge in [-0.25, -0.2) is 4.79 Å². The zero-order valence-electron chi connectivity index (χ0n) is 18.7. The number of rotatable bonds is 11. The Hall–Kier alpha value is -1.98. The summed E-state index contributed by atoms with van der Waals surface area (Å²) in [5, 5.41) is 0.0898. The van der Waals surface area contributed by atoms with Gasteiger partial charge in [-0.1, -0.05) is 63.3 Å². The summed E-state index contributed by atoms with van der Waals surface area (Å²) in [6.07, 6.45) is 9.18. The average Bonchev–Trinajstić information content (AvgIpc) is 2.65. The predicted octanol–water partition coefficient (Wildman–Crippen LogP) is 5.64. The fourth-order valence-electron chi connectivity index (χ4n) is 2.52. The van der Waals surface area contributed by atoms with Crippen molar-refractivity contribution in [1.82, 2.24) is 0 Å². The number of carbonyl (C=O) groups excluding carboxylic acids is 2. The number of ether oxygens (including phenoxy) is 1. The molecular weight excluding hydrogens is 380 g/mol. The van der Waals surface area contributed by atoms with Gasteiger partial charge in [0.05, 0.1) is 13.2 Å². The number of benzene rings is 1. The first kappa shape index (κ1) is 25.1. The van der Waals surface area contributed by atoms with Gasteiger partial charge in [-0.05, 0) is 49.0 Å². The van der Waals surface area contributed by atoms with Crippen LogP contribution in [-0.2, 0) is 25.2 Å². The van der Waals surface area contributed by atoms with Crippen molar-refractivity contribution >= 4 is 20.1 Å². The van der Waals surface area contributed by atoms with Crippen LogP contribution < -0.4 is 0 Å². The highest BCUT2D eigenvalue weighted by Crippen LogP contribution is 2.38. The maximum Gasteiger partial charge on any atom is 0.330 e. The molecule has 0 aliphatic rings. The van der Waals surface area contributed by atoms with E-state index in [4.69, 9.17) is 4.43 Å². The second kappa shape index (κ2) is 11.9. The minimum absolute atomic E-state index is 0.0741. The predicted molar refractivity (Wildman–Crippen MR) is 121 cm³/mol. The number of esters is 1. The normalized spacial score (nSPS) is 13.7. The largest absolute Gasteiger partial charge is 0.466 e. The van der Waals surface area contributed by atoms with Crippen molar-refractivity contribution in [3.05, 3.63) is 60.2 Å². The molecule has 5 heteroatoms. The van der Waals surface area contributed by atoms with Gasteiger partial charge in [0, 0.05) is 12.5 Å². The summed E-state index contributed by atoms with van der Waals surface area (Å²) < 4.78 is 11.1. The molecule has 160 valence electrons. The number of carbonyl (C=O) groups is 2. The first-order valence-electron chi connectivity index (χ1n) is 10.2. The summed E-state index contributed by atoms with van der Waals surface area (Å²) in [5.41, 5.74) is 1.17. The van der Waals surface area contributed by atoms with E-state index in [2.05, 4.69) is 38.6 Å². The molecule has 4 nitrogen and oxygen atoms in total. The third kappa shape index (κ3) is 9.86. The van der Waals surface area contributed by atoms with E-state index in [0.29, 0.717) is 19.3 Å². The van der Waals surface area contributed by atoms with Crippen molar-refractivity contribution in [2.24, 2.45) is 0 Å². The van der Waals surface area contributed by atoms with Gasteiger partial charge in [0.1, 0.15) is 0 Å². The summed E-state index contributed by atoms with van der Waals surface area (Å²) in [5.74, 6) is -0.257. The van der Waals surface area contributed by atoms with Crippen LogP contribution in [0.4, 0.5) is 0 Å². The summed E-state index contributed by atoms with van der Waals surface area (Å²) in [6.45, 7) is 11.0. The van der Waals surface area contributed by atoms with Crippen LogP contribution in [0.1, 0.15) is 45.6 Å². The maximum absolute atomic E-state index is 12.2. The average molecular weight is 417 g/mol. The summed E-state index contributed by atoms with van der Waals surface area (Å²) in [4.78, 5) is 23.5. The van der Waals surface area contributed by atoms with Crippen molar-refractivity contribution in [2.75, 3.05) is 7.11 Å². The standard InChI is InChI=1S/C24H36O4Si/c1-24(2,3)29(5,6)28-22(16-11-17-23(26)27-4)15-10-14-21(25)19-18-20-12-8-7-9-13-20/h7-14,17,22H,15-16,18-19H2,1-6H3/b14-10+,17-11-/t22-/m0/s1. The lowest BCUT2D eigenvalue weighted by Crippen LogP contribution is -2.43. The Morgan fingerprint density at radius 2 is 1.62 bits per heavy atom. The molecule has 0 heterocycles. The molecule has 0 N–H and O–H groups in total. The van der Waals surface area contributed by atoms with E-state index in [-0.39, 0.29) is 22.9 Å². The Labute approximate surface area is 177 Å². The van der Waals surface area contributed by atoms with Gasteiger partial charge in [0.2, 0.25) is 0 Å². The molecule has 0 spiro atoms. The van der Waals surface area contributed by atoms with Crippen LogP contribution >= 0.6 is 0 Å². The Kier molecular flexibility index (Phi) is 10.3. The lowest BCUT2D eigenvalue weighted by molar-refractivity contribution is -0.134. The van der Waals surface area contributed by atoms with E-state index >= 15 is 0 Å². The molecule has 0 saturated carbocycles. The minimum Gasteiger partial charge on any atom is -0.466 e. The topological polar surface area (TPSA) is 52.6 Å². The summed E-state index contributed by atoms with van der Waals surface area (Å²) >= 11 is 0. The zero-order chi connectivity index (χ0) is 21.9. The Balaban J connectivity index is 2.66. The molecule has 0 radical (unpaired) electrons. The molecule has 1 rings (SSSR count). The van der Waals surface area contributed by atoms with Crippen LogP contribution in [0.15, 0.2) is 54.6 Å². The van der Waals surface area contributed by atoms with Crippen LogP contribution in [0.2, 0.25) is 18.1 Å². The second-order valence-corrected chi connectivity index (χ2v) is 13.5. The Bertz CT molecular complexity index is 699. The number of aryl methyl sites for hydroxylation is 1. The molecule has 0 fully saturated rings. The van der Waals surface area contributed by atoms with Crippen molar-refractivity contribution in [3.8, 4) is 0 Å². The lowest BCUT2D eigenvalue weighted by atomic mass is 10.1. The second-order valence-electron chi connectivity index (χ2n) is 8.75. The molecule has 0 aromatic heterocycles. The van der Waals surface area contributed by atoms with Gasteiger partial charge in [0.15, 0.2) is 14.1 Å². The van der Waals surface area contributed by atoms with Crippen molar-refractivity contribution in [2.45, 2.75) is 70.7 Å². The minimum atomic E-state index is -1.96. The smallest absolute Gasteiger partial charge is 0.330 e. The quantitative estimate of drug-likeness (QED) is 0.266. The van der Waals surface area contributed by atoms with Gasteiger partial charge < -0.3 is 9.16 Å². The van der Waals surface area contributed by atoms with E-state index < -0.39 is 8.32 Å². The number of ketones is 1. The highest BCUT2D eigenvalue weighted by molar-refractivity contribution is 6.74. The summed E-state index contributed by atoms with van der Waals surface area (Å²) in [6, 6.07) is 10.0. The SMILES string of the molecule is COC(=O)/C=C\C[C@H](C/C=C/C(=O)CCc1ccccc1)O[Si](C)(C)C(C)(C)C. The lowest BCUT2D eigenvalue weighted by Gasteiger charge is -2.39. The molecule has 0 saturated heterocycles. The van der Waals surface area contributed by atoms with E-state index in [0.717, 1.165) is 6.42 Å². The molecule has 1 aromatic rings. The first-order valence-corrected chi connectivity index (χ1v) is 13.1. The Morgan fingerprint density at radius 3 is 2.17 bits per heavy atom. The fraction of sp³-hybridized carbons (Fsp3) is 0.500. The van der Waals surface area contributed by atoms with Crippen LogP contribution in [0.5, 0.6) is 0 Å². The van der Waals surface area contributed by atoms with Crippen LogP contribution in [0.25, 0.3) is 0 Å². The maximum atomic E-state index is 12.2. The number of hydrogen-bond donors (Lipinski definition) is 0. The first-order chi connectivity index (χ1) is 13.5. The monoisotopic (exact) mass is 416 g/mol. The van der Waals surface area contributed by atoms with Gasteiger partial charge >= 0.3 is 5.97 Å². The number of allylic oxidation sites excluding steroid dienone is 1.